The Hall–Kier alpha value is -4.53. The zero-order valence-corrected chi connectivity index (χ0v) is 19.1. The largest absolute Gasteiger partial charge is 0.505 e. The van der Waals surface area contributed by atoms with Crippen molar-refractivity contribution in [3.05, 3.63) is 88.7 Å². The van der Waals surface area contributed by atoms with E-state index in [0.717, 1.165) is 16.1 Å². The molecule has 0 spiro atoms. The molecule has 35 heavy (non-hydrogen) atoms. The predicted molar refractivity (Wildman–Crippen MR) is 132 cm³/mol. The van der Waals surface area contributed by atoms with Crippen molar-refractivity contribution >= 4 is 34.7 Å². The molecule has 3 N–H and O–H groups in total. The van der Waals surface area contributed by atoms with Crippen molar-refractivity contribution in [2.24, 2.45) is 10.2 Å². The summed E-state index contributed by atoms with van der Waals surface area (Å²) >= 11 is 0. The molecule has 1 heterocycles. The molecule has 4 rings (SSSR count). The summed E-state index contributed by atoms with van der Waals surface area (Å²) in [6, 6.07) is 15.6. The second-order valence-corrected chi connectivity index (χ2v) is 8.11. The molecule has 178 valence electrons. The van der Waals surface area contributed by atoms with Gasteiger partial charge >= 0.3 is 11.9 Å². The molecular formula is C26H23FN4O4. The third kappa shape index (κ3) is 5.03. The fraction of sp³-hybridized carbons (Fsp3) is 0.154. The summed E-state index contributed by atoms with van der Waals surface area (Å²) in [5.74, 6) is -1.97. The number of amides is 1. The molecule has 0 bridgehead atoms. The van der Waals surface area contributed by atoms with Crippen LogP contribution in [0.4, 0.5) is 15.8 Å². The van der Waals surface area contributed by atoms with Crippen LogP contribution in [0.2, 0.25) is 0 Å². The van der Waals surface area contributed by atoms with E-state index in [1.165, 1.54) is 30.3 Å². The molecule has 1 aliphatic rings. The van der Waals surface area contributed by atoms with Crippen LogP contribution >= 0.6 is 0 Å². The van der Waals surface area contributed by atoms with Gasteiger partial charge in [0, 0.05) is 0 Å². The average Bonchev–Trinajstić information content (AvgIpc) is 3.12. The Kier molecular flexibility index (Phi) is 6.59. The number of hydrogen-bond donors (Lipinski definition) is 3. The lowest BCUT2D eigenvalue weighted by atomic mass is 9.99. The number of aromatic carboxylic acids is 1. The highest BCUT2D eigenvalue weighted by molar-refractivity contribution is 6.71. The van der Waals surface area contributed by atoms with Crippen molar-refractivity contribution in [3.8, 4) is 5.75 Å². The first kappa shape index (κ1) is 23.6. The number of phenols is 1. The number of anilines is 2. The molecule has 3 aromatic rings. The number of nitrogens with zero attached hydrogens (tertiary/aromatic N) is 3. The van der Waals surface area contributed by atoms with Crippen LogP contribution in [-0.4, -0.2) is 33.5 Å². The lowest BCUT2D eigenvalue weighted by molar-refractivity contribution is -0.112. The summed E-state index contributed by atoms with van der Waals surface area (Å²) in [6.07, 6.45) is 1.03. The number of hydrogen-bond acceptors (Lipinski definition) is 6. The van der Waals surface area contributed by atoms with Gasteiger partial charge in [0.15, 0.2) is 5.71 Å². The molecular weight excluding hydrogens is 451 g/mol. The maximum atomic E-state index is 13.6. The molecule has 0 radical (unpaired) electrons. The zero-order valence-electron chi connectivity index (χ0n) is 19.1. The van der Waals surface area contributed by atoms with Crippen molar-refractivity contribution in [3.63, 3.8) is 0 Å². The van der Waals surface area contributed by atoms with Crippen LogP contribution in [0.3, 0.4) is 0 Å². The topological polar surface area (TPSA) is 115 Å². The lowest BCUT2D eigenvalue weighted by Crippen LogP contribution is -2.28. The van der Waals surface area contributed by atoms with Crippen LogP contribution in [0, 0.1) is 12.7 Å². The van der Waals surface area contributed by atoms with Crippen molar-refractivity contribution in [1.29, 1.82) is 0 Å². The molecule has 3 aromatic carbocycles. The minimum atomic E-state index is -1.11. The number of hydrazone groups is 2. The third-order valence-electron chi connectivity index (χ3n) is 5.71. The van der Waals surface area contributed by atoms with E-state index in [1.54, 1.807) is 37.3 Å². The smallest absolute Gasteiger partial charge is 0.335 e. The maximum absolute atomic E-state index is 13.6. The lowest BCUT2D eigenvalue weighted by Gasteiger charge is -2.12. The van der Waals surface area contributed by atoms with Crippen LogP contribution in [0.5, 0.6) is 5.75 Å². The Morgan fingerprint density at radius 2 is 1.80 bits per heavy atom. The number of aromatic hydroxyl groups is 1. The Balaban J connectivity index is 1.50. The number of carboxylic acid groups (broad SMARTS) is 1. The second-order valence-electron chi connectivity index (χ2n) is 8.11. The van der Waals surface area contributed by atoms with E-state index in [0.29, 0.717) is 35.5 Å². The molecule has 8 nitrogen and oxygen atoms in total. The van der Waals surface area contributed by atoms with Gasteiger partial charge in [0.1, 0.15) is 11.6 Å². The molecule has 0 saturated carbocycles. The SMILES string of the molecule is CC1=NN(c2cccc(C(=O)O)c2)C(=O)/C1=N\Nc1cccc(CCc2cc(F)ccc2C)c1O. The molecule has 1 amide bonds. The quantitative estimate of drug-likeness (QED) is 0.344. The van der Waals surface area contributed by atoms with Gasteiger partial charge in [-0.2, -0.15) is 15.2 Å². The normalized spacial score (nSPS) is 14.4. The molecule has 0 unspecified atom stereocenters. The van der Waals surface area contributed by atoms with Crippen molar-refractivity contribution < 1.29 is 24.2 Å². The summed E-state index contributed by atoms with van der Waals surface area (Å²) in [4.78, 5) is 24.1. The summed E-state index contributed by atoms with van der Waals surface area (Å²) in [6.45, 7) is 3.52. The minimum absolute atomic E-state index is 0.0167. The standard InChI is InChI=1S/C26H23FN4O4/c1-15-9-12-20(27)13-18(15)11-10-17-5-4-8-22(24(17)32)28-29-23-16(2)30-31(25(23)33)21-7-3-6-19(14-21)26(34)35/h3-9,12-14,28,32H,10-11H2,1-2H3,(H,34,35)/b29-23-. The number of carboxylic acids is 1. The van der Waals surface area contributed by atoms with E-state index < -0.39 is 11.9 Å². The molecule has 0 aromatic heterocycles. The Morgan fingerprint density at radius 3 is 2.57 bits per heavy atom. The van der Waals surface area contributed by atoms with Gasteiger partial charge in [-0.3, -0.25) is 10.2 Å². The number of para-hydroxylation sites is 1. The number of halogens is 1. The van der Waals surface area contributed by atoms with Crippen molar-refractivity contribution in [2.45, 2.75) is 26.7 Å². The van der Waals surface area contributed by atoms with Gasteiger partial charge in [-0.1, -0.05) is 24.3 Å². The molecule has 0 atom stereocenters. The molecule has 0 saturated heterocycles. The highest BCUT2D eigenvalue weighted by Gasteiger charge is 2.31. The van der Waals surface area contributed by atoms with Gasteiger partial charge in [-0.25, -0.2) is 9.18 Å². The van der Waals surface area contributed by atoms with E-state index in [9.17, 15) is 24.2 Å². The molecule has 0 aliphatic carbocycles. The van der Waals surface area contributed by atoms with Gasteiger partial charge in [0.25, 0.3) is 0 Å². The van der Waals surface area contributed by atoms with Gasteiger partial charge in [-0.05, 0) is 79.8 Å². The minimum Gasteiger partial charge on any atom is -0.505 e. The van der Waals surface area contributed by atoms with Crippen molar-refractivity contribution in [1.82, 2.24) is 0 Å². The first-order valence-corrected chi connectivity index (χ1v) is 10.9. The number of carbonyl (C=O) groups excluding carboxylic acids is 1. The number of benzene rings is 3. The van der Waals surface area contributed by atoms with Gasteiger partial charge in [0.05, 0.1) is 22.6 Å². The summed E-state index contributed by atoms with van der Waals surface area (Å²) in [7, 11) is 0. The third-order valence-corrected chi connectivity index (χ3v) is 5.71. The number of carbonyl (C=O) groups is 2. The number of nitrogens with one attached hydrogen (secondary N) is 1. The summed E-state index contributed by atoms with van der Waals surface area (Å²) < 4.78 is 13.6. The Morgan fingerprint density at radius 1 is 1.06 bits per heavy atom. The summed E-state index contributed by atoms with van der Waals surface area (Å²) in [5.41, 5.74) is 6.21. The van der Waals surface area contributed by atoms with E-state index in [1.807, 2.05) is 6.92 Å². The van der Waals surface area contributed by atoms with E-state index in [-0.39, 0.29) is 22.8 Å². The second kappa shape index (κ2) is 9.76. The van der Waals surface area contributed by atoms with E-state index in [2.05, 4.69) is 15.6 Å². The van der Waals surface area contributed by atoms with E-state index in [4.69, 9.17) is 0 Å². The fourth-order valence-corrected chi connectivity index (χ4v) is 3.75. The first-order chi connectivity index (χ1) is 16.7. The summed E-state index contributed by atoms with van der Waals surface area (Å²) in [5, 5.41) is 29.4. The Labute approximate surface area is 201 Å². The van der Waals surface area contributed by atoms with Crippen LogP contribution in [0.15, 0.2) is 70.9 Å². The fourth-order valence-electron chi connectivity index (χ4n) is 3.75. The van der Waals surface area contributed by atoms with Crippen LogP contribution < -0.4 is 10.4 Å². The first-order valence-electron chi connectivity index (χ1n) is 10.9. The van der Waals surface area contributed by atoms with E-state index >= 15 is 0 Å². The van der Waals surface area contributed by atoms with Crippen LogP contribution in [-0.2, 0) is 17.6 Å². The highest BCUT2D eigenvalue weighted by atomic mass is 19.1. The van der Waals surface area contributed by atoms with Crippen molar-refractivity contribution in [2.75, 3.05) is 10.4 Å². The number of aryl methyl sites for hydroxylation is 3. The van der Waals surface area contributed by atoms with Gasteiger partial charge in [-0.15, -0.1) is 0 Å². The Bertz CT molecular complexity index is 1380. The van der Waals surface area contributed by atoms with Crippen LogP contribution in [0.1, 0.15) is 34.0 Å². The average molecular weight is 474 g/mol. The highest BCUT2D eigenvalue weighted by Crippen LogP contribution is 2.29. The molecule has 9 heteroatoms. The maximum Gasteiger partial charge on any atom is 0.335 e. The zero-order chi connectivity index (χ0) is 25.1. The number of rotatable bonds is 7. The predicted octanol–water partition coefficient (Wildman–Crippen LogP) is 4.51. The van der Waals surface area contributed by atoms with Gasteiger partial charge in [0.2, 0.25) is 0 Å². The monoisotopic (exact) mass is 474 g/mol. The number of phenolic OH excluding ortho intramolecular Hbond substituents is 1. The molecule has 1 aliphatic heterocycles. The van der Waals surface area contributed by atoms with Crippen LogP contribution in [0.25, 0.3) is 0 Å². The molecule has 0 fully saturated rings. The van der Waals surface area contributed by atoms with Gasteiger partial charge < -0.3 is 10.2 Å².